The summed E-state index contributed by atoms with van der Waals surface area (Å²) in [6, 6.07) is 6.15. The van der Waals surface area contributed by atoms with Crippen molar-refractivity contribution in [2.24, 2.45) is 0 Å². The third-order valence-corrected chi connectivity index (χ3v) is 4.52. The Balaban J connectivity index is 1.77. The molecular formula is C16H16ClNO2S. The number of ether oxygens (including phenoxy) is 1. The number of hydrogen-bond acceptors (Lipinski definition) is 3. The summed E-state index contributed by atoms with van der Waals surface area (Å²) < 4.78 is 5.86. The lowest BCUT2D eigenvalue weighted by molar-refractivity contribution is -0.121. The maximum Gasteiger partial charge on any atom is 0.219 e. The van der Waals surface area contributed by atoms with Crippen LogP contribution in [0.15, 0.2) is 29.0 Å². The number of benzene rings is 1. The fraction of sp³-hybridized carbons (Fsp3) is 0.312. The van der Waals surface area contributed by atoms with E-state index in [0.29, 0.717) is 18.0 Å². The third kappa shape index (κ3) is 3.06. The van der Waals surface area contributed by atoms with Crippen molar-refractivity contribution in [3.63, 3.8) is 0 Å². The molecule has 0 radical (unpaired) electrons. The summed E-state index contributed by atoms with van der Waals surface area (Å²) in [5.41, 5.74) is 3.40. The van der Waals surface area contributed by atoms with Gasteiger partial charge in [0.25, 0.3) is 0 Å². The highest BCUT2D eigenvalue weighted by Crippen LogP contribution is 2.39. The number of hydrogen-bond donors (Lipinski definition) is 1. The van der Waals surface area contributed by atoms with Crippen LogP contribution in [0.3, 0.4) is 0 Å². The van der Waals surface area contributed by atoms with E-state index in [-0.39, 0.29) is 12.0 Å². The van der Waals surface area contributed by atoms with Gasteiger partial charge in [0.15, 0.2) is 0 Å². The largest absolute Gasteiger partial charge is 0.486 e. The number of rotatable bonds is 4. The smallest absolute Gasteiger partial charge is 0.219 e. The van der Waals surface area contributed by atoms with Crippen molar-refractivity contribution in [1.82, 2.24) is 5.32 Å². The number of thiophene rings is 1. The highest BCUT2D eigenvalue weighted by molar-refractivity contribution is 7.08. The second-order valence-corrected chi connectivity index (χ2v) is 6.25. The van der Waals surface area contributed by atoms with E-state index >= 15 is 0 Å². The Morgan fingerprint density at radius 3 is 3.05 bits per heavy atom. The monoisotopic (exact) mass is 321 g/mol. The number of amides is 1. The fourth-order valence-corrected chi connectivity index (χ4v) is 3.40. The molecule has 0 saturated heterocycles. The minimum atomic E-state index is -0.0364. The van der Waals surface area contributed by atoms with Crippen LogP contribution in [0, 0.1) is 0 Å². The molecule has 21 heavy (non-hydrogen) atoms. The van der Waals surface area contributed by atoms with E-state index in [4.69, 9.17) is 16.3 Å². The first kappa shape index (κ1) is 14.4. The fourth-order valence-electron chi connectivity index (χ4n) is 2.45. The second-order valence-electron chi connectivity index (χ2n) is 5.06. The molecule has 0 fully saturated rings. The molecule has 1 aliphatic rings. The predicted octanol–water partition coefficient (Wildman–Crippen LogP) is 3.90. The Morgan fingerprint density at radius 1 is 1.48 bits per heavy atom. The molecule has 0 bridgehead atoms. The number of halogens is 1. The van der Waals surface area contributed by atoms with Gasteiger partial charge in [-0.2, -0.15) is 11.3 Å². The Labute approximate surface area is 132 Å². The van der Waals surface area contributed by atoms with Crippen molar-refractivity contribution in [3.8, 4) is 16.9 Å². The van der Waals surface area contributed by atoms with E-state index in [2.05, 4.69) is 28.2 Å². The van der Waals surface area contributed by atoms with Gasteiger partial charge in [-0.05, 0) is 40.1 Å². The standard InChI is InChI=1S/C16H16ClNO2S/c1-2-15(19)18-8-13-6-12-5-11(10-3-4-21-9-10)7-14(17)16(12)20-13/h3-5,7,9,13H,2,6,8H2,1H3,(H,18,19). The lowest BCUT2D eigenvalue weighted by atomic mass is 10.0. The number of nitrogens with one attached hydrogen (secondary N) is 1. The highest BCUT2D eigenvalue weighted by atomic mass is 35.5. The van der Waals surface area contributed by atoms with Crippen molar-refractivity contribution in [2.45, 2.75) is 25.9 Å². The molecule has 3 rings (SSSR count). The van der Waals surface area contributed by atoms with Crippen LogP contribution in [0.25, 0.3) is 11.1 Å². The summed E-state index contributed by atoms with van der Waals surface area (Å²) in [6.45, 7) is 2.36. The molecule has 1 aromatic carbocycles. The Morgan fingerprint density at radius 2 is 2.33 bits per heavy atom. The molecule has 0 saturated carbocycles. The first-order chi connectivity index (χ1) is 10.2. The summed E-state index contributed by atoms with van der Waals surface area (Å²) in [5.74, 6) is 0.797. The molecule has 1 N–H and O–H groups in total. The molecule has 1 unspecified atom stereocenters. The predicted molar refractivity (Wildman–Crippen MR) is 86.2 cm³/mol. The second kappa shape index (κ2) is 6.08. The third-order valence-electron chi connectivity index (χ3n) is 3.56. The van der Waals surface area contributed by atoms with Crippen LogP contribution in [0.4, 0.5) is 0 Å². The molecule has 5 heteroatoms. The van der Waals surface area contributed by atoms with Gasteiger partial charge < -0.3 is 10.1 Å². The first-order valence-corrected chi connectivity index (χ1v) is 8.27. The van der Waals surface area contributed by atoms with Crippen LogP contribution in [0.5, 0.6) is 5.75 Å². The minimum absolute atomic E-state index is 0.0364. The topological polar surface area (TPSA) is 38.3 Å². The zero-order valence-electron chi connectivity index (χ0n) is 11.7. The summed E-state index contributed by atoms with van der Waals surface area (Å²) in [6.07, 6.45) is 1.23. The van der Waals surface area contributed by atoms with Crippen LogP contribution < -0.4 is 10.1 Å². The molecule has 0 spiro atoms. The molecular weight excluding hydrogens is 306 g/mol. The minimum Gasteiger partial charge on any atom is -0.486 e. The molecule has 0 aliphatic carbocycles. The zero-order valence-corrected chi connectivity index (χ0v) is 13.3. The van der Waals surface area contributed by atoms with Crippen molar-refractivity contribution in [3.05, 3.63) is 39.5 Å². The summed E-state index contributed by atoms with van der Waals surface area (Å²) in [5, 5.41) is 7.66. The van der Waals surface area contributed by atoms with Gasteiger partial charge in [0.2, 0.25) is 5.91 Å². The Bertz CT molecular complexity index is 655. The van der Waals surface area contributed by atoms with Crippen molar-refractivity contribution in [1.29, 1.82) is 0 Å². The van der Waals surface area contributed by atoms with Gasteiger partial charge in [0, 0.05) is 18.4 Å². The van der Waals surface area contributed by atoms with Crippen molar-refractivity contribution >= 4 is 28.8 Å². The Kier molecular flexibility index (Phi) is 4.17. The highest BCUT2D eigenvalue weighted by Gasteiger charge is 2.26. The van der Waals surface area contributed by atoms with Crippen LogP contribution in [-0.2, 0) is 11.2 Å². The van der Waals surface area contributed by atoms with Crippen molar-refractivity contribution < 1.29 is 9.53 Å². The molecule has 2 heterocycles. The Hall–Kier alpha value is -1.52. The van der Waals surface area contributed by atoms with Crippen LogP contribution in [0.2, 0.25) is 5.02 Å². The normalized spacial score (nSPS) is 16.4. The van der Waals surface area contributed by atoms with E-state index in [1.807, 2.05) is 13.0 Å². The molecule has 1 amide bonds. The first-order valence-electron chi connectivity index (χ1n) is 6.95. The SMILES string of the molecule is CCC(=O)NCC1Cc2cc(-c3ccsc3)cc(Cl)c2O1. The van der Waals surface area contributed by atoms with Crippen molar-refractivity contribution in [2.75, 3.05) is 6.54 Å². The van der Waals surface area contributed by atoms with Gasteiger partial charge >= 0.3 is 0 Å². The molecule has 3 nitrogen and oxygen atoms in total. The molecule has 2 aromatic rings. The summed E-state index contributed by atoms with van der Waals surface area (Å²) >= 11 is 8.00. The van der Waals surface area contributed by atoms with Crippen LogP contribution >= 0.6 is 22.9 Å². The number of carbonyl (C=O) groups is 1. The average Bonchev–Trinajstić information content (AvgIpc) is 3.13. The average molecular weight is 322 g/mol. The van der Waals surface area contributed by atoms with E-state index in [9.17, 15) is 4.79 Å². The van der Waals surface area contributed by atoms with Crippen LogP contribution in [-0.4, -0.2) is 18.6 Å². The number of carbonyl (C=O) groups excluding carboxylic acids is 1. The van der Waals surface area contributed by atoms with Gasteiger partial charge in [-0.15, -0.1) is 0 Å². The van der Waals surface area contributed by atoms with E-state index < -0.39 is 0 Å². The van der Waals surface area contributed by atoms with E-state index in [1.165, 1.54) is 5.56 Å². The summed E-state index contributed by atoms with van der Waals surface area (Å²) in [7, 11) is 0. The van der Waals surface area contributed by atoms with E-state index in [0.717, 1.165) is 23.3 Å². The maximum atomic E-state index is 11.3. The molecule has 1 aromatic heterocycles. The van der Waals surface area contributed by atoms with Crippen LogP contribution in [0.1, 0.15) is 18.9 Å². The van der Waals surface area contributed by atoms with Gasteiger partial charge in [-0.1, -0.05) is 18.5 Å². The number of fused-ring (bicyclic) bond motifs is 1. The quantitative estimate of drug-likeness (QED) is 0.927. The zero-order chi connectivity index (χ0) is 14.8. The van der Waals surface area contributed by atoms with Gasteiger partial charge in [0.1, 0.15) is 11.9 Å². The summed E-state index contributed by atoms with van der Waals surface area (Å²) in [4.78, 5) is 11.3. The van der Waals surface area contributed by atoms with Gasteiger partial charge in [-0.25, -0.2) is 0 Å². The lowest BCUT2D eigenvalue weighted by Gasteiger charge is -2.11. The molecule has 1 aliphatic heterocycles. The van der Waals surface area contributed by atoms with Gasteiger partial charge in [0.05, 0.1) is 11.6 Å². The van der Waals surface area contributed by atoms with Gasteiger partial charge in [-0.3, -0.25) is 4.79 Å². The molecule has 1 atom stereocenters. The maximum absolute atomic E-state index is 11.3. The molecule has 110 valence electrons. The van der Waals surface area contributed by atoms with E-state index in [1.54, 1.807) is 11.3 Å². The lowest BCUT2D eigenvalue weighted by Crippen LogP contribution is -2.33.